The molecule has 0 radical (unpaired) electrons. The van der Waals surface area contributed by atoms with Crippen molar-refractivity contribution in [2.24, 2.45) is 0 Å². The molecule has 3 aromatic rings. The van der Waals surface area contributed by atoms with E-state index < -0.39 is 0 Å². The van der Waals surface area contributed by atoms with Crippen LogP contribution in [0.4, 0.5) is 16.1 Å². The molecule has 0 aliphatic heterocycles. The minimum atomic E-state index is -0.125. The van der Waals surface area contributed by atoms with Gasteiger partial charge in [0.25, 0.3) is 0 Å². The molecule has 0 saturated carbocycles. The number of pyridine rings is 1. The first-order chi connectivity index (χ1) is 10.7. The molecule has 0 saturated heterocycles. The molecule has 1 amide bonds. The normalized spacial score (nSPS) is 10.4. The highest BCUT2D eigenvalue weighted by molar-refractivity contribution is 7.14. The van der Waals surface area contributed by atoms with Gasteiger partial charge in [0.05, 0.1) is 12.1 Å². The molecule has 2 N–H and O–H groups in total. The second-order valence-corrected chi connectivity index (χ2v) is 6.25. The van der Waals surface area contributed by atoms with Gasteiger partial charge in [0.1, 0.15) is 5.82 Å². The molecule has 0 aliphatic rings. The molecular weight excluding hydrogens is 318 g/mol. The Hall–Kier alpha value is -2.32. The fourth-order valence-corrected chi connectivity index (χ4v) is 3.04. The van der Waals surface area contributed by atoms with Gasteiger partial charge in [0, 0.05) is 22.7 Å². The van der Waals surface area contributed by atoms with E-state index in [2.05, 4.69) is 25.6 Å². The lowest BCUT2D eigenvalue weighted by Crippen LogP contribution is -2.14. The molecule has 0 fully saturated rings. The Bertz CT molecular complexity index is 769. The third-order valence-electron chi connectivity index (χ3n) is 2.70. The topological polar surface area (TPSA) is 79.8 Å². The molecule has 3 rings (SSSR count). The smallest absolute Gasteiger partial charge is 0.232 e. The van der Waals surface area contributed by atoms with Crippen molar-refractivity contribution in [2.75, 3.05) is 10.6 Å². The van der Waals surface area contributed by atoms with Crippen LogP contribution in [0.15, 0.2) is 35.2 Å². The van der Waals surface area contributed by atoms with Crippen LogP contribution in [0.5, 0.6) is 0 Å². The molecule has 6 nitrogen and oxygen atoms in total. The van der Waals surface area contributed by atoms with E-state index in [-0.39, 0.29) is 12.3 Å². The standard InChI is InChI=1S/C14H13N5OS2/c1-9-3-2-4-11(16-9)18-14-17-10(8-22-14)7-12(20)19-13-15-5-6-21-13/h2-6,8H,7H2,1H3,(H,15,19,20)(H,16,17,18). The van der Waals surface area contributed by atoms with E-state index in [9.17, 15) is 4.79 Å². The summed E-state index contributed by atoms with van der Waals surface area (Å²) in [6.45, 7) is 1.93. The third kappa shape index (κ3) is 3.86. The average Bonchev–Trinajstić information content (AvgIpc) is 3.11. The third-order valence-corrected chi connectivity index (χ3v) is 4.19. The van der Waals surface area contributed by atoms with Gasteiger partial charge in [0.2, 0.25) is 5.91 Å². The maximum Gasteiger partial charge on any atom is 0.232 e. The highest BCUT2D eigenvalue weighted by Gasteiger charge is 2.09. The molecule has 0 aromatic carbocycles. The molecule has 8 heteroatoms. The highest BCUT2D eigenvalue weighted by Crippen LogP contribution is 2.20. The van der Waals surface area contributed by atoms with Gasteiger partial charge in [-0.05, 0) is 19.1 Å². The fourth-order valence-electron chi connectivity index (χ4n) is 1.78. The van der Waals surface area contributed by atoms with E-state index in [1.54, 1.807) is 6.20 Å². The van der Waals surface area contributed by atoms with Crippen molar-refractivity contribution in [3.05, 3.63) is 46.5 Å². The summed E-state index contributed by atoms with van der Waals surface area (Å²) >= 11 is 2.83. The summed E-state index contributed by atoms with van der Waals surface area (Å²) in [7, 11) is 0. The maximum absolute atomic E-state index is 11.9. The minimum Gasteiger partial charge on any atom is -0.316 e. The summed E-state index contributed by atoms with van der Waals surface area (Å²) in [6, 6.07) is 5.74. The van der Waals surface area contributed by atoms with Crippen LogP contribution in [-0.2, 0) is 11.2 Å². The number of thiazole rings is 2. The van der Waals surface area contributed by atoms with Crippen LogP contribution in [0.2, 0.25) is 0 Å². The molecule has 0 aliphatic carbocycles. The molecule has 112 valence electrons. The van der Waals surface area contributed by atoms with E-state index in [4.69, 9.17) is 0 Å². The number of hydrogen-bond acceptors (Lipinski definition) is 7. The first kappa shape index (κ1) is 14.6. The van der Waals surface area contributed by atoms with Gasteiger partial charge in [-0.2, -0.15) is 0 Å². The number of aromatic nitrogens is 3. The zero-order valence-corrected chi connectivity index (χ0v) is 13.4. The molecule has 3 aromatic heterocycles. The summed E-state index contributed by atoms with van der Waals surface area (Å²) in [5.41, 5.74) is 1.65. The zero-order chi connectivity index (χ0) is 15.4. The maximum atomic E-state index is 11.9. The molecule has 0 bridgehead atoms. The Morgan fingerprint density at radius 3 is 2.91 bits per heavy atom. The Morgan fingerprint density at radius 2 is 2.14 bits per heavy atom. The van der Waals surface area contributed by atoms with Gasteiger partial charge < -0.3 is 10.6 Å². The van der Waals surface area contributed by atoms with Gasteiger partial charge in [-0.25, -0.2) is 15.0 Å². The summed E-state index contributed by atoms with van der Waals surface area (Å²) in [5.74, 6) is 0.619. The lowest BCUT2D eigenvalue weighted by Gasteiger charge is -2.02. The predicted octanol–water partition coefficient (Wildman–Crippen LogP) is 3.23. The Morgan fingerprint density at radius 1 is 1.23 bits per heavy atom. The van der Waals surface area contributed by atoms with Gasteiger partial charge >= 0.3 is 0 Å². The van der Waals surface area contributed by atoms with E-state index >= 15 is 0 Å². The van der Waals surface area contributed by atoms with Gasteiger partial charge in [-0.15, -0.1) is 22.7 Å². The van der Waals surface area contributed by atoms with Crippen molar-refractivity contribution in [3.8, 4) is 0 Å². The first-order valence-electron chi connectivity index (χ1n) is 6.53. The minimum absolute atomic E-state index is 0.125. The van der Waals surface area contributed by atoms with Crippen molar-refractivity contribution in [2.45, 2.75) is 13.3 Å². The number of hydrogen-bond donors (Lipinski definition) is 2. The van der Waals surface area contributed by atoms with Crippen molar-refractivity contribution >= 4 is 44.7 Å². The summed E-state index contributed by atoms with van der Waals surface area (Å²) in [6.07, 6.45) is 1.87. The number of aryl methyl sites for hydroxylation is 1. The van der Waals surface area contributed by atoms with Crippen molar-refractivity contribution in [1.82, 2.24) is 15.0 Å². The van der Waals surface area contributed by atoms with Gasteiger partial charge in [-0.3, -0.25) is 4.79 Å². The van der Waals surface area contributed by atoms with Crippen LogP contribution < -0.4 is 10.6 Å². The van der Waals surface area contributed by atoms with Crippen LogP contribution in [0.3, 0.4) is 0 Å². The second-order valence-electron chi connectivity index (χ2n) is 4.50. The monoisotopic (exact) mass is 331 g/mol. The number of nitrogens with one attached hydrogen (secondary N) is 2. The predicted molar refractivity (Wildman–Crippen MR) is 88.8 cm³/mol. The molecule has 0 spiro atoms. The van der Waals surface area contributed by atoms with Crippen LogP contribution in [-0.4, -0.2) is 20.9 Å². The van der Waals surface area contributed by atoms with Gasteiger partial charge in [0.15, 0.2) is 10.3 Å². The molecular formula is C14H13N5OS2. The van der Waals surface area contributed by atoms with Gasteiger partial charge in [-0.1, -0.05) is 6.07 Å². The molecule has 3 heterocycles. The molecule has 0 atom stereocenters. The average molecular weight is 331 g/mol. The van der Waals surface area contributed by atoms with E-state index in [1.165, 1.54) is 22.7 Å². The second kappa shape index (κ2) is 6.63. The van der Waals surface area contributed by atoms with E-state index in [1.807, 2.05) is 35.9 Å². The van der Waals surface area contributed by atoms with E-state index in [0.29, 0.717) is 10.8 Å². The van der Waals surface area contributed by atoms with Crippen LogP contribution >= 0.6 is 22.7 Å². The van der Waals surface area contributed by atoms with E-state index in [0.717, 1.165) is 16.6 Å². The number of rotatable bonds is 5. The Kier molecular flexibility index (Phi) is 4.40. The number of carbonyl (C=O) groups is 1. The SMILES string of the molecule is Cc1cccc(Nc2nc(CC(=O)Nc3nccs3)cs2)n1. The van der Waals surface area contributed by atoms with Crippen LogP contribution in [0, 0.1) is 6.92 Å². The van der Waals surface area contributed by atoms with Crippen molar-refractivity contribution in [1.29, 1.82) is 0 Å². The number of amides is 1. The Labute approximate surface area is 135 Å². The van der Waals surface area contributed by atoms with Crippen molar-refractivity contribution in [3.63, 3.8) is 0 Å². The molecule has 0 unspecified atom stereocenters. The number of nitrogens with zero attached hydrogens (tertiary/aromatic N) is 3. The lowest BCUT2D eigenvalue weighted by atomic mass is 10.3. The number of anilines is 3. The first-order valence-corrected chi connectivity index (χ1v) is 8.29. The zero-order valence-electron chi connectivity index (χ0n) is 11.7. The number of carbonyl (C=O) groups excluding carboxylic acids is 1. The van der Waals surface area contributed by atoms with Crippen LogP contribution in [0.25, 0.3) is 0 Å². The molecule has 22 heavy (non-hydrogen) atoms. The quantitative estimate of drug-likeness (QED) is 0.750. The summed E-state index contributed by atoms with van der Waals surface area (Å²) < 4.78 is 0. The highest BCUT2D eigenvalue weighted by atomic mass is 32.1. The largest absolute Gasteiger partial charge is 0.316 e. The summed E-state index contributed by atoms with van der Waals surface area (Å²) in [5, 5.41) is 10.9. The fraction of sp³-hybridized carbons (Fsp3) is 0.143. The van der Waals surface area contributed by atoms with Crippen molar-refractivity contribution < 1.29 is 4.79 Å². The lowest BCUT2D eigenvalue weighted by molar-refractivity contribution is -0.115. The summed E-state index contributed by atoms with van der Waals surface area (Å²) in [4.78, 5) is 24.6. The Balaban J connectivity index is 1.60. The van der Waals surface area contributed by atoms with Crippen LogP contribution in [0.1, 0.15) is 11.4 Å².